The fourth-order valence-corrected chi connectivity index (χ4v) is 4.39. The van der Waals surface area contributed by atoms with Crippen molar-refractivity contribution < 1.29 is 9.59 Å². The largest absolute Gasteiger partial charge is 0.353 e. The molecule has 160 valence electrons. The van der Waals surface area contributed by atoms with Gasteiger partial charge in [0.15, 0.2) is 11.0 Å². The maximum atomic E-state index is 12.6. The molecule has 0 radical (unpaired) electrons. The number of allylic oxidation sites excluding steroid dienone is 1. The van der Waals surface area contributed by atoms with E-state index in [1.54, 1.807) is 12.1 Å². The summed E-state index contributed by atoms with van der Waals surface area (Å²) < 4.78 is 1.89. The van der Waals surface area contributed by atoms with Gasteiger partial charge in [0.1, 0.15) is 0 Å². The van der Waals surface area contributed by atoms with Crippen molar-refractivity contribution in [2.24, 2.45) is 0 Å². The molecule has 8 heteroatoms. The summed E-state index contributed by atoms with van der Waals surface area (Å²) in [5, 5.41) is 15.2. The van der Waals surface area contributed by atoms with E-state index in [1.807, 2.05) is 36.6 Å². The third-order valence-corrected chi connectivity index (χ3v) is 6.09. The highest BCUT2D eigenvalue weighted by molar-refractivity contribution is 7.99. The molecule has 0 unspecified atom stereocenters. The number of hydrogen-bond donors (Lipinski definition) is 2. The molecule has 1 aliphatic rings. The first-order valence-corrected chi connectivity index (χ1v) is 11.3. The molecule has 1 atom stereocenters. The number of rotatable bonds is 9. The van der Waals surface area contributed by atoms with Crippen molar-refractivity contribution in [3.05, 3.63) is 53.9 Å². The third kappa shape index (κ3) is 5.72. The topological polar surface area (TPSA) is 88.9 Å². The van der Waals surface area contributed by atoms with Gasteiger partial charge in [0, 0.05) is 18.2 Å². The van der Waals surface area contributed by atoms with Crippen LogP contribution < -0.4 is 10.6 Å². The first-order valence-electron chi connectivity index (χ1n) is 10.3. The van der Waals surface area contributed by atoms with Crippen LogP contribution in [0.1, 0.15) is 60.4 Å². The van der Waals surface area contributed by atoms with Gasteiger partial charge in [0.2, 0.25) is 5.91 Å². The molecular weight excluding hydrogens is 398 g/mol. The summed E-state index contributed by atoms with van der Waals surface area (Å²) in [4.78, 5) is 24.8. The maximum Gasteiger partial charge on any atom is 0.251 e. The Morgan fingerprint density at radius 3 is 2.80 bits per heavy atom. The van der Waals surface area contributed by atoms with Crippen LogP contribution in [0.15, 0.2) is 42.1 Å². The van der Waals surface area contributed by atoms with Gasteiger partial charge < -0.3 is 15.2 Å². The van der Waals surface area contributed by atoms with Crippen LogP contribution in [0.4, 0.5) is 0 Å². The number of benzene rings is 1. The second kappa shape index (κ2) is 10.4. The molecular formula is C22H29N5O2S. The minimum Gasteiger partial charge on any atom is -0.353 e. The number of amides is 2. The molecule has 2 N–H and O–H groups in total. The zero-order valence-corrected chi connectivity index (χ0v) is 18.4. The van der Waals surface area contributed by atoms with Crippen molar-refractivity contribution >= 4 is 23.6 Å². The Bertz CT molecular complexity index is 905. The second-order valence-electron chi connectivity index (χ2n) is 7.64. The van der Waals surface area contributed by atoms with Crippen LogP contribution in [0.3, 0.4) is 0 Å². The molecule has 1 fully saturated rings. The van der Waals surface area contributed by atoms with Gasteiger partial charge in [-0.1, -0.05) is 48.4 Å². The van der Waals surface area contributed by atoms with Crippen molar-refractivity contribution in [3.63, 3.8) is 0 Å². The lowest BCUT2D eigenvalue weighted by atomic mass is 10.1. The first-order chi connectivity index (χ1) is 14.5. The number of nitrogens with zero attached hydrogens (tertiary/aromatic N) is 3. The van der Waals surface area contributed by atoms with Gasteiger partial charge in [-0.05, 0) is 38.8 Å². The van der Waals surface area contributed by atoms with Crippen molar-refractivity contribution in [2.45, 2.75) is 63.3 Å². The van der Waals surface area contributed by atoms with Gasteiger partial charge in [0.25, 0.3) is 5.91 Å². The predicted octanol–water partition coefficient (Wildman–Crippen LogP) is 3.41. The van der Waals surface area contributed by atoms with E-state index in [-0.39, 0.29) is 23.6 Å². The van der Waals surface area contributed by atoms with E-state index in [2.05, 4.69) is 27.4 Å². The van der Waals surface area contributed by atoms with Crippen molar-refractivity contribution in [1.29, 1.82) is 0 Å². The quantitative estimate of drug-likeness (QED) is 0.473. The Labute approximate surface area is 181 Å². The Kier molecular flexibility index (Phi) is 7.68. The molecule has 7 nitrogen and oxygen atoms in total. The third-order valence-electron chi connectivity index (χ3n) is 5.12. The fraction of sp³-hybridized carbons (Fsp3) is 0.455. The summed E-state index contributed by atoms with van der Waals surface area (Å²) in [5.41, 5.74) is 1.63. The van der Waals surface area contributed by atoms with E-state index in [9.17, 15) is 9.59 Å². The van der Waals surface area contributed by atoms with E-state index < -0.39 is 0 Å². The highest BCUT2D eigenvalue weighted by Gasteiger charge is 2.21. The zero-order chi connectivity index (χ0) is 21.5. The average Bonchev–Trinajstić information content (AvgIpc) is 3.36. The van der Waals surface area contributed by atoms with Crippen LogP contribution in [-0.2, 0) is 11.3 Å². The van der Waals surface area contributed by atoms with E-state index in [0.29, 0.717) is 29.1 Å². The summed E-state index contributed by atoms with van der Waals surface area (Å²) >= 11 is 1.35. The van der Waals surface area contributed by atoms with Gasteiger partial charge in [-0.15, -0.1) is 16.8 Å². The molecule has 1 aromatic heterocycles. The molecule has 1 heterocycles. The molecule has 1 saturated carbocycles. The molecule has 0 bridgehead atoms. The minimum atomic E-state index is -0.341. The van der Waals surface area contributed by atoms with E-state index in [0.717, 1.165) is 18.4 Å². The molecule has 0 aliphatic heterocycles. The van der Waals surface area contributed by atoms with Crippen LogP contribution in [0.25, 0.3) is 0 Å². The number of nitrogens with one attached hydrogen (secondary N) is 2. The SMILES string of the molecule is C=CCn1c(SCC(=O)NC2CCCC2)nnc1[C@@H](C)NC(=O)c1cccc(C)c1. The van der Waals surface area contributed by atoms with Crippen molar-refractivity contribution in [3.8, 4) is 0 Å². The molecule has 1 aromatic carbocycles. The molecule has 0 spiro atoms. The lowest BCUT2D eigenvalue weighted by molar-refractivity contribution is -0.119. The summed E-state index contributed by atoms with van der Waals surface area (Å²) in [5.74, 6) is 0.775. The number of carbonyl (C=O) groups excluding carboxylic acids is 2. The first kappa shape index (κ1) is 22.1. The highest BCUT2D eigenvalue weighted by atomic mass is 32.2. The molecule has 0 saturated heterocycles. The second-order valence-corrected chi connectivity index (χ2v) is 8.58. The van der Waals surface area contributed by atoms with Crippen molar-refractivity contribution in [2.75, 3.05) is 5.75 Å². The Morgan fingerprint density at radius 2 is 2.10 bits per heavy atom. The van der Waals surface area contributed by atoms with Crippen molar-refractivity contribution in [1.82, 2.24) is 25.4 Å². The Hall–Kier alpha value is -2.61. The standard InChI is InChI=1S/C22H29N5O2S/c1-4-12-27-20(16(3)23-21(29)17-9-7-8-15(2)13-17)25-26-22(27)30-14-19(28)24-18-10-5-6-11-18/h4,7-9,13,16,18H,1,5-6,10-12,14H2,2-3H3,(H,23,29)(H,24,28)/t16-/m1/s1. The maximum absolute atomic E-state index is 12.6. The molecule has 1 aliphatic carbocycles. The van der Waals surface area contributed by atoms with Gasteiger partial charge in [-0.25, -0.2) is 0 Å². The summed E-state index contributed by atoms with van der Waals surface area (Å²) in [6, 6.07) is 7.41. The predicted molar refractivity (Wildman–Crippen MR) is 118 cm³/mol. The van der Waals surface area contributed by atoms with E-state index >= 15 is 0 Å². The van der Waals surface area contributed by atoms with Crippen LogP contribution in [0, 0.1) is 6.92 Å². The van der Waals surface area contributed by atoms with Crippen LogP contribution in [0.5, 0.6) is 0 Å². The Morgan fingerprint density at radius 1 is 1.33 bits per heavy atom. The Balaban J connectivity index is 1.64. The fourth-order valence-electron chi connectivity index (χ4n) is 3.63. The van der Waals surface area contributed by atoms with Gasteiger partial charge in [-0.2, -0.15) is 0 Å². The van der Waals surface area contributed by atoms with E-state index in [1.165, 1.54) is 24.6 Å². The van der Waals surface area contributed by atoms with Crippen LogP contribution in [0.2, 0.25) is 0 Å². The van der Waals surface area contributed by atoms with Gasteiger partial charge >= 0.3 is 0 Å². The summed E-state index contributed by atoms with van der Waals surface area (Å²) in [6.45, 7) is 8.13. The smallest absolute Gasteiger partial charge is 0.251 e. The zero-order valence-electron chi connectivity index (χ0n) is 17.6. The number of aromatic nitrogens is 3. The number of aryl methyl sites for hydroxylation is 1. The molecule has 30 heavy (non-hydrogen) atoms. The lowest BCUT2D eigenvalue weighted by Crippen LogP contribution is -2.33. The number of carbonyl (C=O) groups is 2. The summed E-state index contributed by atoms with van der Waals surface area (Å²) in [6.07, 6.45) is 6.24. The molecule has 2 amide bonds. The molecule has 2 aromatic rings. The van der Waals surface area contributed by atoms with E-state index in [4.69, 9.17) is 0 Å². The van der Waals surface area contributed by atoms with Gasteiger partial charge in [0.05, 0.1) is 11.8 Å². The summed E-state index contributed by atoms with van der Waals surface area (Å²) in [7, 11) is 0. The normalized spacial score (nSPS) is 15.0. The lowest BCUT2D eigenvalue weighted by Gasteiger charge is -2.16. The van der Waals surface area contributed by atoms with Gasteiger partial charge in [-0.3, -0.25) is 9.59 Å². The van der Waals surface area contributed by atoms with Crippen LogP contribution in [-0.4, -0.2) is 38.4 Å². The number of hydrogen-bond acceptors (Lipinski definition) is 5. The number of thioether (sulfide) groups is 1. The molecule has 3 rings (SSSR count). The highest BCUT2D eigenvalue weighted by Crippen LogP contribution is 2.22. The average molecular weight is 428 g/mol. The minimum absolute atomic E-state index is 0.0161. The monoisotopic (exact) mass is 427 g/mol. The van der Waals surface area contributed by atoms with Crippen LogP contribution >= 0.6 is 11.8 Å².